The van der Waals surface area contributed by atoms with E-state index in [2.05, 4.69) is 15.4 Å². The lowest BCUT2D eigenvalue weighted by Gasteiger charge is -2.07. The Labute approximate surface area is 82.1 Å². The van der Waals surface area contributed by atoms with Crippen LogP contribution in [0.3, 0.4) is 0 Å². The summed E-state index contributed by atoms with van der Waals surface area (Å²) in [7, 11) is 1.89. The molecule has 1 aliphatic rings. The zero-order valence-electron chi connectivity index (χ0n) is 7.73. The second-order valence-electron chi connectivity index (χ2n) is 3.28. The standard InChI is InChI=1S/C8H14N4S/c1-12-6-10-8(11-12)4-9-7-2-3-13-5-7/h6-7,9H,2-5H2,1H3. The van der Waals surface area contributed by atoms with Gasteiger partial charge in [-0.15, -0.1) is 0 Å². The number of hydrogen-bond acceptors (Lipinski definition) is 4. The Morgan fingerprint density at radius 3 is 3.31 bits per heavy atom. The molecule has 0 bridgehead atoms. The molecule has 1 N–H and O–H groups in total. The van der Waals surface area contributed by atoms with Gasteiger partial charge >= 0.3 is 0 Å². The predicted octanol–water partition coefficient (Wildman–Crippen LogP) is 0.410. The predicted molar refractivity (Wildman–Crippen MR) is 53.6 cm³/mol. The van der Waals surface area contributed by atoms with Crippen molar-refractivity contribution < 1.29 is 0 Å². The van der Waals surface area contributed by atoms with Crippen LogP contribution in [-0.2, 0) is 13.6 Å². The molecule has 1 aliphatic heterocycles. The second kappa shape index (κ2) is 4.11. The van der Waals surface area contributed by atoms with Crippen LogP contribution < -0.4 is 5.32 Å². The number of hydrogen-bond donors (Lipinski definition) is 1. The Bertz CT molecular complexity index is 267. The van der Waals surface area contributed by atoms with Crippen LogP contribution in [0.4, 0.5) is 0 Å². The fourth-order valence-corrected chi connectivity index (χ4v) is 2.58. The molecule has 1 aromatic rings. The SMILES string of the molecule is Cn1cnc(CNC2CCSC2)n1. The first-order valence-corrected chi connectivity index (χ1v) is 5.66. The van der Waals surface area contributed by atoms with Crippen LogP contribution in [0.25, 0.3) is 0 Å². The average Bonchev–Trinajstić information content (AvgIpc) is 2.71. The van der Waals surface area contributed by atoms with E-state index < -0.39 is 0 Å². The van der Waals surface area contributed by atoms with Gasteiger partial charge in [-0.1, -0.05) is 0 Å². The van der Waals surface area contributed by atoms with Crippen LogP contribution >= 0.6 is 11.8 Å². The third-order valence-electron chi connectivity index (χ3n) is 2.13. The summed E-state index contributed by atoms with van der Waals surface area (Å²) < 4.78 is 1.74. The molecule has 72 valence electrons. The van der Waals surface area contributed by atoms with Crippen molar-refractivity contribution in [2.75, 3.05) is 11.5 Å². The van der Waals surface area contributed by atoms with E-state index in [1.165, 1.54) is 17.9 Å². The van der Waals surface area contributed by atoms with E-state index in [0.717, 1.165) is 12.4 Å². The lowest BCUT2D eigenvalue weighted by Crippen LogP contribution is -2.28. The summed E-state index contributed by atoms with van der Waals surface area (Å²) in [5.74, 6) is 3.40. The summed E-state index contributed by atoms with van der Waals surface area (Å²) in [4.78, 5) is 4.16. The molecule has 1 fully saturated rings. The van der Waals surface area contributed by atoms with Gasteiger partial charge in [-0.25, -0.2) is 4.98 Å². The van der Waals surface area contributed by atoms with Gasteiger partial charge in [0.25, 0.3) is 0 Å². The molecule has 13 heavy (non-hydrogen) atoms. The van der Waals surface area contributed by atoms with E-state index in [4.69, 9.17) is 0 Å². The molecule has 1 aromatic heterocycles. The van der Waals surface area contributed by atoms with Crippen molar-refractivity contribution in [2.45, 2.75) is 19.0 Å². The quantitative estimate of drug-likeness (QED) is 0.764. The highest BCUT2D eigenvalue weighted by Gasteiger charge is 2.14. The van der Waals surface area contributed by atoms with Gasteiger partial charge in [0.05, 0.1) is 6.54 Å². The minimum Gasteiger partial charge on any atom is -0.306 e. The summed E-state index contributed by atoms with van der Waals surface area (Å²) in [6.07, 6.45) is 3.01. The van der Waals surface area contributed by atoms with E-state index >= 15 is 0 Å². The Balaban J connectivity index is 1.78. The fourth-order valence-electron chi connectivity index (χ4n) is 1.40. The molecule has 0 aliphatic carbocycles. The second-order valence-corrected chi connectivity index (χ2v) is 4.43. The molecule has 1 unspecified atom stereocenters. The van der Waals surface area contributed by atoms with Gasteiger partial charge in [-0.05, 0) is 12.2 Å². The zero-order chi connectivity index (χ0) is 9.10. The summed E-state index contributed by atoms with van der Waals surface area (Å²) in [5, 5.41) is 7.66. The molecular formula is C8H14N4S. The Hall–Kier alpha value is -0.550. The highest BCUT2D eigenvalue weighted by molar-refractivity contribution is 7.99. The Morgan fingerprint density at radius 1 is 1.77 bits per heavy atom. The third kappa shape index (κ3) is 2.45. The summed E-state index contributed by atoms with van der Waals surface area (Å²) in [6, 6.07) is 0.661. The Kier molecular flexibility index (Phi) is 2.85. The highest BCUT2D eigenvalue weighted by Crippen LogP contribution is 2.16. The minimum atomic E-state index is 0.661. The molecule has 0 spiro atoms. The molecule has 1 saturated heterocycles. The van der Waals surface area contributed by atoms with Gasteiger partial charge in [-0.2, -0.15) is 16.9 Å². The maximum Gasteiger partial charge on any atom is 0.164 e. The van der Waals surface area contributed by atoms with Gasteiger partial charge in [0.1, 0.15) is 6.33 Å². The van der Waals surface area contributed by atoms with Gasteiger partial charge in [-0.3, -0.25) is 4.68 Å². The smallest absolute Gasteiger partial charge is 0.164 e. The van der Waals surface area contributed by atoms with Crippen LogP contribution in [-0.4, -0.2) is 32.3 Å². The van der Waals surface area contributed by atoms with Crippen LogP contribution in [0.1, 0.15) is 12.2 Å². The lowest BCUT2D eigenvalue weighted by molar-refractivity contribution is 0.542. The summed E-state index contributed by atoms with van der Waals surface area (Å²) in [5.41, 5.74) is 0. The first-order valence-electron chi connectivity index (χ1n) is 4.50. The first-order chi connectivity index (χ1) is 6.34. The monoisotopic (exact) mass is 198 g/mol. The van der Waals surface area contributed by atoms with Crippen molar-refractivity contribution in [1.29, 1.82) is 0 Å². The molecule has 2 rings (SSSR count). The maximum absolute atomic E-state index is 4.21. The Morgan fingerprint density at radius 2 is 2.69 bits per heavy atom. The largest absolute Gasteiger partial charge is 0.306 e. The van der Waals surface area contributed by atoms with E-state index in [-0.39, 0.29) is 0 Å². The number of nitrogens with zero attached hydrogens (tertiary/aromatic N) is 3. The van der Waals surface area contributed by atoms with E-state index in [1.54, 1.807) is 11.0 Å². The van der Waals surface area contributed by atoms with Crippen LogP contribution in [0.15, 0.2) is 6.33 Å². The number of aromatic nitrogens is 3. The number of aryl methyl sites for hydroxylation is 1. The van der Waals surface area contributed by atoms with Crippen molar-refractivity contribution in [1.82, 2.24) is 20.1 Å². The van der Waals surface area contributed by atoms with Crippen molar-refractivity contribution in [2.24, 2.45) is 7.05 Å². The van der Waals surface area contributed by atoms with Crippen LogP contribution in [0.2, 0.25) is 0 Å². The number of rotatable bonds is 3. The highest BCUT2D eigenvalue weighted by atomic mass is 32.2. The van der Waals surface area contributed by atoms with Crippen LogP contribution in [0.5, 0.6) is 0 Å². The fraction of sp³-hybridized carbons (Fsp3) is 0.750. The minimum absolute atomic E-state index is 0.661. The lowest BCUT2D eigenvalue weighted by atomic mass is 10.2. The van der Waals surface area contributed by atoms with Gasteiger partial charge in [0.2, 0.25) is 0 Å². The van der Waals surface area contributed by atoms with E-state index in [1.807, 2.05) is 18.8 Å². The molecule has 0 aromatic carbocycles. The third-order valence-corrected chi connectivity index (χ3v) is 3.29. The van der Waals surface area contributed by atoms with Crippen molar-refractivity contribution >= 4 is 11.8 Å². The maximum atomic E-state index is 4.21. The van der Waals surface area contributed by atoms with E-state index in [9.17, 15) is 0 Å². The summed E-state index contributed by atoms with van der Waals surface area (Å²) >= 11 is 2.01. The molecule has 0 amide bonds. The normalized spacial score (nSPS) is 22.4. The average molecular weight is 198 g/mol. The molecule has 0 saturated carbocycles. The van der Waals surface area contributed by atoms with Crippen LogP contribution in [0, 0.1) is 0 Å². The number of thioether (sulfide) groups is 1. The molecule has 5 heteroatoms. The molecule has 1 atom stereocenters. The van der Waals surface area contributed by atoms with Crippen molar-refractivity contribution in [3.8, 4) is 0 Å². The number of nitrogens with one attached hydrogen (secondary N) is 1. The summed E-state index contributed by atoms with van der Waals surface area (Å²) in [6.45, 7) is 0.798. The zero-order valence-corrected chi connectivity index (χ0v) is 8.55. The van der Waals surface area contributed by atoms with Crippen molar-refractivity contribution in [3.05, 3.63) is 12.2 Å². The first kappa shape index (κ1) is 9.02. The van der Waals surface area contributed by atoms with E-state index in [0.29, 0.717) is 6.04 Å². The molecular weight excluding hydrogens is 184 g/mol. The van der Waals surface area contributed by atoms with Crippen molar-refractivity contribution in [3.63, 3.8) is 0 Å². The molecule has 2 heterocycles. The van der Waals surface area contributed by atoms with Gasteiger partial charge < -0.3 is 5.32 Å². The molecule has 0 radical (unpaired) electrons. The molecule has 4 nitrogen and oxygen atoms in total. The topological polar surface area (TPSA) is 42.7 Å². The van der Waals surface area contributed by atoms with Gasteiger partial charge in [0, 0.05) is 18.8 Å². The van der Waals surface area contributed by atoms with Gasteiger partial charge in [0.15, 0.2) is 5.82 Å².